The molecule has 0 spiro atoms. The van der Waals surface area contributed by atoms with E-state index in [1.807, 2.05) is 4.81 Å². The summed E-state index contributed by atoms with van der Waals surface area (Å²) < 4.78 is 30.3. The molecular formula is C17H23BClFNO4. The Morgan fingerprint density at radius 1 is 1.52 bits per heavy atom. The van der Waals surface area contributed by atoms with Crippen molar-refractivity contribution in [1.29, 1.82) is 0 Å². The highest BCUT2D eigenvalue weighted by molar-refractivity contribution is 6.30. The third kappa shape index (κ3) is 5.67. The molecule has 2 atom stereocenters. The van der Waals surface area contributed by atoms with E-state index in [0.29, 0.717) is 12.1 Å². The van der Waals surface area contributed by atoms with Gasteiger partial charge in [-0.25, -0.2) is 9.18 Å². The Morgan fingerprint density at radius 2 is 2.32 bits per heavy atom. The lowest BCUT2D eigenvalue weighted by Gasteiger charge is -2.36. The monoisotopic (exact) mass is 370 g/mol. The minimum Gasteiger partial charge on any atom is -0.464 e. The van der Waals surface area contributed by atoms with Gasteiger partial charge in [0.2, 0.25) is 0 Å². The van der Waals surface area contributed by atoms with Gasteiger partial charge in [0.15, 0.2) is 0 Å². The van der Waals surface area contributed by atoms with E-state index >= 15 is 0 Å². The van der Waals surface area contributed by atoms with Crippen LogP contribution in [0.3, 0.4) is 0 Å². The first kappa shape index (κ1) is 20.2. The van der Waals surface area contributed by atoms with Gasteiger partial charge in [-0.15, -0.1) is 0 Å². The molecule has 1 aromatic rings. The molecule has 2 rings (SSSR count). The molecule has 1 saturated heterocycles. The highest BCUT2D eigenvalue weighted by Gasteiger charge is 2.32. The number of esters is 1. The van der Waals surface area contributed by atoms with Gasteiger partial charge in [0.25, 0.3) is 0 Å². The van der Waals surface area contributed by atoms with Crippen LogP contribution >= 0.6 is 11.6 Å². The van der Waals surface area contributed by atoms with E-state index in [9.17, 15) is 9.18 Å². The van der Waals surface area contributed by atoms with Crippen molar-refractivity contribution in [2.24, 2.45) is 5.92 Å². The van der Waals surface area contributed by atoms with Crippen LogP contribution in [-0.4, -0.2) is 51.8 Å². The fourth-order valence-corrected chi connectivity index (χ4v) is 3.29. The second-order valence-corrected chi connectivity index (χ2v) is 6.33. The summed E-state index contributed by atoms with van der Waals surface area (Å²) in [5.74, 6) is -0.973. The summed E-state index contributed by atoms with van der Waals surface area (Å²) in [6.45, 7) is 3.29. The molecule has 1 aliphatic heterocycles. The normalized spacial score (nSPS) is 19.4. The minimum absolute atomic E-state index is 0.00235. The lowest BCUT2D eigenvalue weighted by Crippen LogP contribution is -2.41. The first-order chi connectivity index (χ1) is 12.1. The summed E-state index contributed by atoms with van der Waals surface area (Å²) in [4.78, 5) is 13.7. The molecule has 1 radical (unpaired) electrons. The zero-order chi connectivity index (χ0) is 18.2. The van der Waals surface area contributed by atoms with Crippen LogP contribution < -0.4 is 0 Å². The van der Waals surface area contributed by atoms with Crippen LogP contribution in [0.4, 0.5) is 4.39 Å². The molecule has 1 heterocycles. The van der Waals surface area contributed by atoms with E-state index in [4.69, 9.17) is 25.7 Å². The van der Waals surface area contributed by atoms with E-state index in [0.717, 1.165) is 19.4 Å². The Labute approximate surface area is 153 Å². The molecule has 1 unspecified atom stereocenters. The number of carbonyl (C=O) groups is 1. The van der Waals surface area contributed by atoms with Gasteiger partial charge in [0.1, 0.15) is 12.4 Å². The topological polar surface area (TPSA) is 48.0 Å². The van der Waals surface area contributed by atoms with Crippen molar-refractivity contribution in [2.45, 2.75) is 25.9 Å². The Kier molecular flexibility index (Phi) is 8.16. The van der Waals surface area contributed by atoms with Crippen molar-refractivity contribution < 1.29 is 23.3 Å². The predicted molar refractivity (Wildman–Crippen MR) is 93.8 cm³/mol. The molecule has 0 aliphatic carbocycles. The summed E-state index contributed by atoms with van der Waals surface area (Å²) in [5, 5.41) is 0.0401. The van der Waals surface area contributed by atoms with E-state index in [1.165, 1.54) is 6.07 Å². The SMILES string of the molecule is CCOC(=O)COC(c1cccc(Cl)c1F)[C@@H]1CCCN([B]OC)C1. The van der Waals surface area contributed by atoms with Crippen LogP contribution in [0.1, 0.15) is 31.4 Å². The van der Waals surface area contributed by atoms with E-state index in [-0.39, 0.29) is 24.2 Å². The number of hydrogen-bond donors (Lipinski definition) is 0. The average molecular weight is 371 g/mol. The molecular weight excluding hydrogens is 347 g/mol. The maximum atomic E-state index is 14.6. The van der Waals surface area contributed by atoms with Crippen LogP contribution in [0.5, 0.6) is 0 Å². The summed E-state index contributed by atoms with van der Waals surface area (Å²) in [7, 11) is 3.25. The molecule has 0 amide bonds. The summed E-state index contributed by atoms with van der Waals surface area (Å²) in [6.07, 6.45) is 1.19. The lowest BCUT2D eigenvalue weighted by molar-refractivity contribution is -0.152. The molecule has 1 aliphatic rings. The number of benzene rings is 1. The van der Waals surface area contributed by atoms with E-state index in [1.54, 1.807) is 33.8 Å². The second-order valence-electron chi connectivity index (χ2n) is 5.92. The molecule has 1 fully saturated rings. The summed E-state index contributed by atoms with van der Waals surface area (Å²) >= 11 is 5.93. The van der Waals surface area contributed by atoms with Gasteiger partial charge >= 0.3 is 13.6 Å². The number of piperidine rings is 1. The van der Waals surface area contributed by atoms with Gasteiger partial charge in [-0.2, -0.15) is 0 Å². The van der Waals surface area contributed by atoms with Crippen molar-refractivity contribution in [3.63, 3.8) is 0 Å². The quantitative estimate of drug-likeness (QED) is 0.520. The summed E-state index contributed by atoms with van der Waals surface area (Å²) in [5.41, 5.74) is 0.362. The molecule has 8 heteroatoms. The number of ether oxygens (including phenoxy) is 2. The molecule has 0 saturated carbocycles. The van der Waals surface area contributed by atoms with Gasteiger partial charge in [-0.3, -0.25) is 0 Å². The van der Waals surface area contributed by atoms with Crippen LogP contribution in [-0.2, 0) is 18.9 Å². The molecule has 0 N–H and O–H groups in total. The highest BCUT2D eigenvalue weighted by Crippen LogP contribution is 2.35. The Bertz CT molecular complexity index is 576. The third-order valence-corrected chi connectivity index (χ3v) is 4.44. The van der Waals surface area contributed by atoms with Gasteiger partial charge in [0, 0.05) is 18.6 Å². The molecule has 1 aromatic carbocycles. The van der Waals surface area contributed by atoms with Crippen molar-refractivity contribution in [1.82, 2.24) is 4.81 Å². The van der Waals surface area contributed by atoms with Crippen LogP contribution in [0, 0.1) is 11.7 Å². The second kappa shape index (κ2) is 10.1. The maximum absolute atomic E-state index is 14.6. The Hall–Kier alpha value is -1.15. The van der Waals surface area contributed by atoms with Gasteiger partial charge in [-0.05, 0) is 38.9 Å². The smallest absolute Gasteiger partial charge is 0.398 e. The zero-order valence-electron chi connectivity index (χ0n) is 14.5. The molecule has 0 bridgehead atoms. The number of carbonyl (C=O) groups excluding carboxylic acids is 1. The van der Waals surface area contributed by atoms with Crippen LogP contribution in [0.25, 0.3) is 0 Å². The van der Waals surface area contributed by atoms with Crippen LogP contribution in [0.2, 0.25) is 5.02 Å². The third-order valence-electron chi connectivity index (χ3n) is 4.15. The first-order valence-electron chi connectivity index (χ1n) is 8.38. The van der Waals surface area contributed by atoms with Crippen molar-refractivity contribution >= 4 is 25.2 Å². The van der Waals surface area contributed by atoms with E-state index < -0.39 is 17.9 Å². The first-order valence-corrected chi connectivity index (χ1v) is 8.76. The lowest BCUT2D eigenvalue weighted by atomic mass is 9.86. The Morgan fingerprint density at radius 3 is 3.04 bits per heavy atom. The van der Waals surface area contributed by atoms with Gasteiger partial charge < -0.3 is 18.9 Å². The maximum Gasteiger partial charge on any atom is 0.398 e. The molecule has 5 nitrogen and oxygen atoms in total. The average Bonchev–Trinajstić information content (AvgIpc) is 2.59. The molecule has 0 aromatic heterocycles. The highest BCUT2D eigenvalue weighted by atomic mass is 35.5. The summed E-state index contributed by atoms with van der Waals surface area (Å²) in [6, 6.07) is 4.83. The zero-order valence-corrected chi connectivity index (χ0v) is 15.3. The van der Waals surface area contributed by atoms with Crippen molar-refractivity contribution in [2.75, 3.05) is 33.4 Å². The van der Waals surface area contributed by atoms with E-state index in [2.05, 4.69) is 0 Å². The minimum atomic E-state index is -0.587. The largest absolute Gasteiger partial charge is 0.464 e. The van der Waals surface area contributed by atoms with Gasteiger partial charge in [-0.1, -0.05) is 23.7 Å². The number of rotatable bonds is 8. The number of hydrogen-bond acceptors (Lipinski definition) is 5. The van der Waals surface area contributed by atoms with Crippen molar-refractivity contribution in [3.8, 4) is 0 Å². The van der Waals surface area contributed by atoms with Crippen LogP contribution in [0.15, 0.2) is 18.2 Å². The van der Waals surface area contributed by atoms with Gasteiger partial charge in [0.05, 0.1) is 17.7 Å². The number of halogens is 2. The fourth-order valence-electron chi connectivity index (χ4n) is 3.11. The van der Waals surface area contributed by atoms with Crippen molar-refractivity contribution in [3.05, 3.63) is 34.6 Å². The predicted octanol–water partition coefficient (Wildman–Crippen LogP) is 2.99. The number of nitrogens with zero attached hydrogens (tertiary/aromatic N) is 1. The fraction of sp³-hybridized carbons (Fsp3) is 0.588. The molecule has 137 valence electrons. The Balaban J connectivity index is 2.19. The standard InChI is InChI=1S/C17H23BClFNO4/c1-3-24-15(22)11-25-17(13-7-4-8-14(19)16(13)20)12-6-5-9-21(10-12)18-23-2/h4,7-8,12,17H,3,5-6,9-11H2,1-2H3/t12-,17?/m1/s1. The molecule has 25 heavy (non-hydrogen) atoms.